The molecular weight excluding hydrogens is 240 g/mol. The molecule has 3 fully saturated rings. The zero-order valence-electron chi connectivity index (χ0n) is 11.6. The van der Waals surface area contributed by atoms with Gasteiger partial charge in [0, 0.05) is 19.1 Å². The zero-order chi connectivity index (χ0) is 12.2. The van der Waals surface area contributed by atoms with E-state index in [1.807, 2.05) is 0 Å². The summed E-state index contributed by atoms with van der Waals surface area (Å²) in [7, 11) is 0. The van der Waals surface area contributed by atoms with Gasteiger partial charge in [-0.1, -0.05) is 0 Å². The molecule has 0 aromatic heterocycles. The molecule has 3 aliphatic rings. The predicted molar refractivity (Wildman–Crippen MR) is 80.3 cm³/mol. The second-order valence-electron chi connectivity index (χ2n) is 6.35. The van der Waals surface area contributed by atoms with Crippen LogP contribution in [0.3, 0.4) is 0 Å². The Kier molecular flexibility index (Phi) is 4.88. The number of piperidine rings is 1. The first-order valence-electron chi connectivity index (χ1n) is 7.96. The summed E-state index contributed by atoms with van der Waals surface area (Å²) in [4.78, 5) is 5.55. The van der Waals surface area contributed by atoms with Crippen LogP contribution in [0.15, 0.2) is 0 Å². The molecule has 1 unspecified atom stereocenters. The van der Waals surface area contributed by atoms with E-state index < -0.39 is 0 Å². The Labute approximate surface area is 116 Å². The number of hydrogen-bond donors (Lipinski definition) is 0. The Morgan fingerprint density at radius 3 is 2.44 bits per heavy atom. The Balaban J connectivity index is 1.47. The summed E-state index contributed by atoms with van der Waals surface area (Å²) < 4.78 is 0. The third-order valence-corrected chi connectivity index (χ3v) is 6.02. The van der Waals surface area contributed by atoms with E-state index in [2.05, 4.69) is 21.6 Å². The fourth-order valence-electron chi connectivity index (χ4n) is 3.96. The van der Waals surface area contributed by atoms with Crippen molar-refractivity contribution in [3.8, 4) is 0 Å². The van der Waals surface area contributed by atoms with E-state index in [-0.39, 0.29) is 0 Å². The molecule has 0 N–H and O–H groups in total. The van der Waals surface area contributed by atoms with Crippen LogP contribution in [0.4, 0.5) is 0 Å². The molecule has 0 aromatic carbocycles. The van der Waals surface area contributed by atoms with Gasteiger partial charge in [0.2, 0.25) is 0 Å². The first-order chi connectivity index (χ1) is 8.92. The highest BCUT2D eigenvalue weighted by Gasteiger charge is 2.28. The summed E-state index contributed by atoms with van der Waals surface area (Å²) in [5.41, 5.74) is 0. The SMILES string of the molecule is C1CCN(CC2CCCN(C3CCSCC3)C2)C1. The molecule has 0 radical (unpaired) electrons. The van der Waals surface area contributed by atoms with E-state index in [1.54, 1.807) is 0 Å². The minimum absolute atomic E-state index is 0.924. The fourth-order valence-corrected chi connectivity index (χ4v) is 5.04. The van der Waals surface area contributed by atoms with E-state index >= 15 is 0 Å². The van der Waals surface area contributed by atoms with Crippen molar-refractivity contribution in [2.24, 2.45) is 5.92 Å². The summed E-state index contributed by atoms with van der Waals surface area (Å²) in [5, 5.41) is 0. The van der Waals surface area contributed by atoms with Crippen molar-refractivity contribution in [3.63, 3.8) is 0 Å². The Morgan fingerprint density at radius 1 is 0.889 bits per heavy atom. The molecular formula is C15H28N2S. The van der Waals surface area contributed by atoms with Gasteiger partial charge in [-0.05, 0) is 75.6 Å². The lowest BCUT2D eigenvalue weighted by molar-refractivity contribution is 0.0988. The Hall–Kier alpha value is 0.270. The molecule has 3 heteroatoms. The third-order valence-electron chi connectivity index (χ3n) is 4.97. The van der Waals surface area contributed by atoms with Crippen molar-refractivity contribution in [1.29, 1.82) is 0 Å². The van der Waals surface area contributed by atoms with Gasteiger partial charge >= 0.3 is 0 Å². The van der Waals surface area contributed by atoms with Gasteiger partial charge in [0.1, 0.15) is 0 Å². The lowest BCUT2D eigenvalue weighted by atomic mass is 9.95. The minimum atomic E-state index is 0.924. The van der Waals surface area contributed by atoms with Gasteiger partial charge in [0.05, 0.1) is 0 Å². The summed E-state index contributed by atoms with van der Waals surface area (Å²) in [6, 6.07) is 0.924. The maximum absolute atomic E-state index is 2.84. The smallest absolute Gasteiger partial charge is 0.0111 e. The average molecular weight is 268 g/mol. The first kappa shape index (κ1) is 13.3. The Bertz CT molecular complexity index is 247. The van der Waals surface area contributed by atoms with Crippen molar-refractivity contribution < 1.29 is 0 Å². The van der Waals surface area contributed by atoms with Gasteiger partial charge in [0.25, 0.3) is 0 Å². The lowest BCUT2D eigenvalue weighted by Gasteiger charge is -2.40. The van der Waals surface area contributed by atoms with Crippen LogP contribution in [0.2, 0.25) is 0 Å². The van der Waals surface area contributed by atoms with Gasteiger partial charge in [0.15, 0.2) is 0 Å². The van der Waals surface area contributed by atoms with Gasteiger partial charge < -0.3 is 9.80 Å². The highest BCUT2D eigenvalue weighted by atomic mass is 32.2. The van der Waals surface area contributed by atoms with Crippen molar-refractivity contribution in [2.45, 2.75) is 44.6 Å². The molecule has 3 rings (SSSR count). The normalized spacial score (nSPS) is 33.0. The van der Waals surface area contributed by atoms with Crippen LogP contribution in [-0.4, -0.2) is 60.1 Å². The molecule has 0 spiro atoms. The number of likely N-dealkylation sites (tertiary alicyclic amines) is 2. The van der Waals surface area contributed by atoms with Gasteiger partial charge in [-0.2, -0.15) is 11.8 Å². The maximum atomic E-state index is 2.84. The largest absolute Gasteiger partial charge is 0.303 e. The zero-order valence-corrected chi connectivity index (χ0v) is 12.5. The van der Waals surface area contributed by atoms with E-state index in [0.29, 0.717) is 0 Å². The first-order valence-corrected chi connectivity index (χ1v) is 9.11. The third kappa shape index (κ3) is 3.43. The second kappa shape index (κ2) is 6.62. The summed E-state index contributed by atoms with van der Waals surface area (Å²) in [5.74, 6) is 3.77. The van der Waals surface area contributed by atoms with Crippen LogP contribution in [0.25, 0.3) is 0 Å². The molecule has 3 heterocycles. The molecule has 0 saturated carbocycles. The molecule has 0 bridgehead atoms. The monoisotopic (exact) mass is 268 g/mol. The molecule has 104 valence electrons. The van der Waals surface area contributed by atoms with Crippen molar-refractivity contribution in [1.82, 2.24) is 9.80 Å². The van der Waals surface area contributed by atoms with Crippen molar-refractivity contribution in [3.05, 3.63) is 0 Å². The van der Waals surface area contributed by atoms with Crippen LogP contribution >= 0.6 is 11.8 Å². The van der Waals surface area contributed by atoms with Crippen LogP contribution in [0.5, 0.6) is 0 Å². The summed E-state index contributed by atoms with van der Waals surface area (Å²) in [6.45, 7) is 6.91. The molecule has 0 aromatic rings. The lowest BCUT2D eigenvalue weighted by Crippen LogP contribution is -2.46. The second-order valence-corrected chi connectivity index (χ2v) is 7.58. The maximum Gasteiger partial charge on any atom is 0.0111 e. The molecule has 3 saturated heterocycles. The van der Waals surface area contributed by atoms with Crippen LogP contribution in [0, 0.1) is 5.92 Å². The molecule has 18 heavy (non-hydrogen) atoms. The average Bonchev–Trinajstić information content (AvgIpc) is 2.93. The van der Waals surface area contributed by atoms with Gasteiger partial charge in [-0.15, -0.1) is 0 Å². The Morgan fingerprint density at radius 2 is 1.67 bits per heavy atom. The number of nitrogens with zero attached hydrogens (tertiary/aromatic N) is 2. The van der Waals surface area contributed by atoms with Crippen LogP contribution in [-0.2, 0) is 0 Å². The van der Waals surface area contributed by atoms with E-state index in [0.717, 1.165) is 12.0 Å². The minimum Gasteiger partial charge on any atom is -0.303 e. The van der Waals surface area contributed by atoms with Crippen LogP contribution in [0.1, 0.15) is 38.5 Å². The van der Waals surface area contributed by atoms with E-state index in [4.69, 9.17) is 0 Å². The molecule has 2 nitrogen and oxygen atoms in total. The summed E-state index contributed by atoms with van der Waals surface area (Å²) >= 11 is 2.15. The van der Waals surface area contributed by atoms with Crippen molar-refractivity contribution in [2.75, 3.05) is 44.2 Å². The van der Waals surface area contributed by atoms with Gasteiger partial charge in [-0.3, -0.25) is 0 Å². The van der Waals surface area contributed by atoms with Crippen molar-refractivity contribution >= 4 is 11.8 Å². The summed E-state index contributed by atoms with van der Waals surface area (Å²) in [6.07, 6.45) is 8.70. The number of thioether (sulfide) groups is 1. The van der Waals surface area contributed by atoms with Crippen LogP contribution < -0.4 is 0 Å². The number of hydrogen-bond acceptors (Lipinski definition) is 3. The van der Waals surface area contributed by atoms with Gasteiger partial charge in [-0.25, -0.2) is 0 Å². The standard InChI is InChI=1S/C15H28N2S/c1-2-8-16(7-1)12-14-4-3-9-17(13-14)15-5-10-18-11-6-15/h14-15H,1-13H2. The van der Waals surface area contributed by atoms with E-state index in [1.165, 1.54) is 82.8 Å². The fraction of sp³-hybridized carbons (Fsp3) is 1.00. The number of rotatable bonds is 3. The molecule has 0 aliphatic carbocycles. The molecule has 0 amide bonds. The molecule has 3 aliphatic heterocycles. The predicted octanol–water partition coefficient (Wildman–Crippen LogP) is 2.69. The quantitative estimate of drug-likeness (QED) is 0.777. The highest BCUT2D eigenvalue weighted by molar-refractivity contribution is 7.99. The molecule has 1 atom stereocenters. The van der Waals surface area contributed by atoms with E-state index in [9.17, 15) is 0 Å². The topological polar surface area (TPSA) is 6.48 Å². The highest BCUT2D eigenvalue weighted by Crippen LogP contribution is 2.27.